The minimum Gasteiger partial charge on any atom is -0.378 e. The first-order valence-corrected chi connectivity index (χ1v) is 6.92. The fourth-order valence-corrected chi connectivity index (χ4v) is 3.02. The van der Waals surface area contributed by atoms with Crippen LogP contribution in [0.3, 0.4) is 0 Å². The van der Waals surface area contributed by atoms with Crippen LogP contribution in [-0.4, -0.2) is 44.8 Å². The lowest BCUT2D eigenvalue weighted by Crippen LogP contribution is -2.34. The maximum atomic E-state index is 5.55. The molecule has 0 aromatic heterocycles. The van der Waals surface area contributed by atoms with Crippen LogP contribution in [0.25, 0.3) is 0 Å². The zero-order chi connectivity index (χ0) is 12.4. The number of nitrogens with zero attached hydrogens (tertiary/aromatic N) is 1. The zero-order valence-electron chi connectivity index (χ0n) is 11.1. The number of ether oxygens (including phenoxy) is 1. The Labute approximate surface area is 109 Å². The van der Waals surface area contributed by atoms with E-state index < -0.39 is 0 Å². The van der Waals surface area contributed by atoms with Crippen molar-refractivity contribution in [3.63, 3.8) is 0 Å². The van der Waals surface area contributed by atoms with Gasteiger partial charge in [-0.3, -0.25) is 0 Å². The molecule has 0 amide bonds. The predicted octanol–water partition coefficient (Wildman–Crippen LogP) is 1.77. The molecular formula is C15H22N2O. The van der Waals surface area contributed by atoms with Gasteiger partial charge in [-0.15, -0.1) is 0 Å². The van der Waals surface area contributed by atoms with Gasteiger partial charge in [0.2, 0.25) is 0 Å². The third kappa shape index (κ3) is 2.58. The van der Waals surface area contributed by atoms with Crippen LogP contribution in [0.5, 0.6) is 0 Å². The summed E-state index contributed by atoms with van der Waals surface area (Å²) >= 11 is 0. The Balaban J connectivity index is 1.76. The highest BCUT2D eigenvalue weighted by atomic mass is 16.5. The van der Waals surface area contributed by atoms with Crippen molar-refractivity contribution < 1.29 is 4.74 Å². The molecule has 3 heteroatoms. The Morgan fingerprint density at radius 2 is 2.22 bits per heavy atom. The molecule has 1 aromatic rings. The number of benzene rings is 1. The average molecular weight is 246 g/mol. The van der Waals surface area contributed by atoms with Gasteiger partial charge in [-0.1, -0.05) is 24.3 Å². The summed E-state index contributed by atoms with van der Waals surface area (Å²) in [6, 6.07) is 9.43. The van der Waals surface area contributed by atoms with Crippen molar-refractivity contribution in [1.29, 1.82) is 0 Å². The maximum absolute atomic E-state index is 5.55. The van der Waals surface area contributed by atoms with Gasteiger partial charge in [0.15, 0.2) is 0 Å². The quantitative estimate of drug-likeness (QED) is 0.860. The van der Waals surface area contributed by atoms with Crippen LogP contribution < -0.4 is 5.32 Å². The molecule has 0 radical (unpaired) electrons. The maximum Gasteiger partial charge on any atom is 0.0662 e. The molecule has 2 heterocycles. The Morgan fingerprint density at radius 1 is 1.33 bits per heavy atom. The van der Waals surface area contributed by atoms with Crippen molar-refractivity contribution in [2.75, 3.05) is 39.9 Å². The smallest absolute Gasteiger partial charge is 0.0662 e. The number of likely N-dealkylation sites (tertiary alicyclic amines) is 1. The van der Waals surface area contributed by atoms with Gasteiger partial charge in [0.05, 0.1) is 19.3 Å². The van der Waals surface area contributed by atoms with Crippen molar-refractivity contribution in [2.45, 2.75) is 18.4 Å². The van der Waals surface area contributed by atoms with Crippen LogP contribution in [0.2, 0.25) is 0 Å². The van der Waals surface area contributed by atoms with Gasteiger partial charge in [-0.2, -0.15) is 0 Å². The molecule has 3 rings (SSSR count). The molecule has 2 fully saturated rings. The highest BCUT2D eigenvalue weighted by Crippen LogP contribution is 2.28. The number of hydrogen-bond donors (Lipinski definition) is 1. The second-order valence-electron chi connectivity index (χ2n) is 5.50. The van der Waals surface area contributed by atoms with Crippen molar-refractivity contribution in [3.05, 3.63) is 35.4 Å². The minimum absolute atomic E-state index is 0.373. The fraction of sp³-hybridized carbons (Fsp3) is 0.600. The van der Waals surface area contributed by atoms with Gasteiger partial charge < -0.3 is 15.0 Å². The lowest BCUT2D eigenvalue weighted by molar-refractivity contribution is 0.0768. The molecule has 98 valence electrons. The first kappa shape index (κ1) is 12.2. The molecule has 1 aromatic carbocycles. The van der Waals surface area contributed by atoms with Crippen LogP contribution in [0.4, 0.5) is 0 Å². The molecule has 0 saturated carbocycles. The summed E-state index contributed by atoms with van der Waals surface area (Å²) < 4.78 is 5.55. The number of likely N-dealkylation sites (N-methyl/N-ethyl adjacent to an activating group) is 1. The van der Waals surface area contributed by atoms with E-state index in [-0.39, 0.29) is 0 Å². The highest BCUT2D eigenvalue weighted by molar-refractivity contribution is 5.29. The van der Waals surface area contributed by atoms with E-state index in [9.17, 15) is 0 Å². The van der Waals surface area contributed by atoms with Crippen molar-refractivity contribution in [2.24, 2.45) is 0 Å². The van der Waals surface area contributed by atoms with E-state index in [1.54, 1.807) is 0 Å². The van der Waals surface area contributed by atoms with Gasteiger partial charge >= 0.3 is 0 Å². The largest absolute Gasteiger partial charge is 0.378 e. The first-order chi connectivity index (χ1) is 8.83. The summed E-state index contributed by atoms with van der Waals surface area (Å²) in [5, 5.41) is 3.53. The van der Waals surface area contributed by atoms with Crippen LogP contribution in [0.1, 0.15) is 29.5 Å². The second-order valence-corrected chi connectivity index (χ2v) is 5.50. The standard InChI is InChI=1S/C15H22N2O/c1-17-7-5-14(10-17)12-3-2-4-13(9-12)15-11-18-8-6-16-15/h2-4,9,14-16H,5-8,10-11H2,1H3. The van der Waals surface area contributed by atoms with E-state index in [0.29, 0.717) is 12.0 Å². The van der Waals surface area contributed by atoms with Crippen molar-refractivity contribution in [1.82, 2.24) is 10.2 Å². The second kappa shape index (κ2) is 5.39. The van der Waals surface area contributed by atoms with Crippen LogP contribution >= 0.6 is 0 Å². The molecule has 18 heavy (non-hydrogen) atoms. The SMILES string of the molecule is CN1CCC(c2cccc(C3COCCN3)c2)C1. The molecule has 2 atom stereocenters. The number of nitrogens with one attached hydrogen (secondary N) is 1. The predicted molar refractivity (Wildman–Crippen MR) is 72.9 cm³/mol. The van der Waals surface area contributed by atoms with Gasteiger partial charge in [-0.25, -0.2) is 0 Å². The molecule has 0 aliphatic carbocycles. The van der Waals surface area contributed by atoms with Crippen LogP contribution in [0, 0.1) is 0 Å². The van der Waals surface area contributed by atoms with Crippen LogP contribution in [0.15, 0.2) is 24.3 Å². The van der Waals surface area contributed by atoms with E-state index in [1.165, 1.54) is 30.6 Å². The number of hydrogen-bond acceptors (Lipinski definition) is 3. The van der Waals surface area contributed by atoms with Gasteiger partial charge in [-0.05, 0) is 37.1 Å². The highest BCUT2D eigenvalue weighted by Gasteiger charge is 2.22. The summed E-state index contributed by atoms with van der Waals surface area (Å²) in [6.07, 6.45) is 1.29. The van der Waals surface area contributed by atoms with E-state index in [0.717, 1.165) is 19.8 Å². The molecule has 1 N–H and O–H groups in total. The Hall–Kier alpha value is -0.900. The van der Waals surface area contributed by atoms with Gasteiger partial charge in [0.1, 0.15) is 0 Å². The first-order valence-electron chi connectivity index (χ1n) is 6.92. The van der Waals surface area contributed by atoms with E-state index >= 15 is 0 Å². The Morgan fingerprint density at radius 3 is 2.94 bits per heavy atom. The average Bonchev–Trinajstić information content (AvgIpc) is 2.87. The van der Waals surface area contributed by atoms with E-state index in [4.69, 9.17) is 4.74 Å². The number of rotatable bonds is 2. The lowest BCUT2D eigenvalue weighted by Gasteiger charge is -2.25. The third-order valence-electron chi connectivity index (χ3n) is 4.10. The van der Waals surface area contributed by atoms with E-state index in [2.05, 4.69) is 41.5 Å². The molecule has 2 saturated heterocycles. The van der Waals surface area contributed by atoms with Crippen molar-refractivity contribution >= 4 is 0 Å². The van der Waals surface area contributed by atoms with Crippen molar-refractivity contribution in [3.8, 4) is 0 Å². The van der Waals surface area contributed by atoms with E-state index in [1.807, 2.05) is 0 Å². The molecule has 2 unspecified atom stereocenters. The summed E-state index contributed by atoms with van der Waals surface area (Å²) in [6.45, 7) is 5.01. The molecule has 2 aliphatic heterocycles. The molecule has 0 spiro atoms. The topological polar surface area (TPSA) is 24.5 Å². The third-order valence-corrected chi connectivity index (χ3v) is 4.10. The minimum atomic E-state index is 0.373. The Kier molecular flexibility index (Phi) is 3.64. The lowest BCUT2D eigenvalue weighted by atomic mass is 9.94. The molecule has 3 nitrogen and oxygen atoms in total. The van der Waals surface area contributed by atoms with Gasteiger partial charge in [0.25, 0.3) is 0 Å². The van der Waals surface area contributed by atoms with Gasteiger partial charge in [0, 0.05) is 13.1 Å². The van der Waals surface area contributed by atoms with Crippen LogP contribution in [-0.2, 0) is 4.74 Å². The summed E-state index contributed by atoms with van der Waals surface area (Å²) in [7, 11) is 2.21. The summed E-state index contributed by atoms with van der Waals surface area (Å²) in [5.74, 6) is 0.708. The molecular weight excluding hydrogens is 224 g/mol. The fourth-order valence-electron chi connectivity index (χ4n) is 3.02. The normalized spacial score (nSPS) is 29.6. The monoisotopic (exact) mass is 246 g/mol. The molecule has 0 bridgehead atoms. The Bertz CT molecular complexity index is 381. The summed E-state index contributed by atoms with van der Waals surface area (Å²) in [5.41, 5.74) is 2.87. The molecule has 2 aliphatic rings. The summed E-state index contributed by atoms with van der Waals surface area (Å²) in [4.78, 5) is 2.42. The number of morpholine rings is 1. The zero-order valence-corrected chi connectivity index (χ0v) is 11.1.